The highest BCUT2D eigenvalue weighted by molar-refractivity contribution is 5.28. The molecule has 0 spiro atoms. The van der Waals surface area contributed by atoms with Crippen molar-refractivity contribution in [1.82, 2.24) is 0 Å². The smallest absolute Gasteiger partial charge is 0.323 e. The third kappa shape index (κ3) is 4.20. The van der Waals surface area contributed by atoms with Crippen LogP contribution in [0.4, 0.5) is 13.2 Å². The van der Waals surface area contributed by atoms with Gasteiger partial charge < -0.3 is 9.80 Å². The number of piperazine rings is 1. The van der Waals surface area contributed by atoms with E-state index in [0.717, 1.165) is 32.6 Å². The molecule has 2 nitrogen and oxygen atoms in total. The maximum Gasteiger partial charge on any atom is 0.416 e. The molecular formula is C16H25F3N2+2. The largest absolute Gasteiger partial charge is 0.416 e. The average Bonchev–Trinajstić information content (AvgIpc) is 2.47. The van der Waals surface area contributed by atoms with E-state index < -0.39 is 11.7 Å². The van der Waals surface area contributed by atoms with Crippen LogP contribution in [0.15, 0.2) is 24.3 Å². The highest BCUT2D eigenvalue weighted by atomic mass is 19.4. The van der Waals surface area contributed by atoms with Crippen LogP contribution >= 0.6 is 0 Å². The van der Waals surface area contributed by atoms with Gasteiger partial charge in [-0.2, -0.15) is 13.2 Å². The molecular weight excluding hydrogens is 277 g/mol. The van der Waals surface area contributed by atoms with Crippen LogP contribution in [0.5, 0.6) is 0 Å². The van der Waals surface area contributed by atoms with E-state index in [9.17, 15) is 13.2 Å². The van der Waals surface area contributed by atoms with Crippen molar-refractivity contribution in [3.63, 3.8) is 0 Å². The van der Waals surface area contributed by atoms with Gasteiger partial charge >= 0.3 is 6.18 Å². The zero-order chi connectivity index (χ0) is 15.5. The monoisotopic (exact) mass is 302 g/mol. The van der Waals surface area contributed by atoms with Crippen LogP contribution < -0.4 is 9.80 Å². The number of quaternary nitrogens is 2. The number of benzene rings is 1. The summed E-state index contributed by atoms with van der Waals surface area (Å²) < 4.78 is 39.0. The average molecular weight is 302 g/mol. The minimum atomic E-state index is -4.25. The van der Waals surface area contributed by atoms with Gasteiger partial charge in [0.25, 0.3) is 0 Å². The molecule has 0 amide bonds. The van der Waals surface area contributed by atoms with Gasteiger partial charge in [0.1, 0.15) is 32.7 Å². The third-order valence-electron chi connectivity index (χ3n) is 4.67. The van der Waals surface area contributed by atoms with E-state index >= 15 is 0 Å². The molecule has 1 heterocycles. The van der Waals surface area contributed by atoms with E-state index in [0.29, 0.717) is 18.2 Å². The van der Waals surface area contributed by atoms with Crippen molar-refractivity contribution in [3.05, 3.63) is 35.4 Å². The molecule has 0 unspecified atom stereocenters. The topological polar surface area (TPSA) is 8.88 Å². The lowest BCUT2D eigenvalue weighted by Gasteiger charge is -2.33. The van der Waals surface area contributed by atoms with Crippen LogP contribution in [0, 0.1) is 0 Å². The van der Waals surface area contributed by atoms with Gasteiger partial charge in [-0.05, 0) is 19.4 Å². The Hall–Kier alpha value is -1.07. The number of halogens is 3. The van der Waals surface area contributed by atoms with E-state index in [-0.39, 0.29) is 0 Å². The predicted octanol–water partition coefficient (Wildman–Crippen LogP) is 0.787. The second kappa shape index (κ2) is 6.79. The number of nitrogens with one attached hydrogen (secondary N) is 2. The predicted molar refractivity (Wildman–Crippen MR) is 76.3 cm³/mol. The van der Waals surface area contributed by atoms with Crippen molar-refractivity contribution in [2.45, 2.75) is 39.0 Å². The lowest BCUT2D eigenvalue weighted by atomic mass is 10.1. The second-order valence-corrected chi connectivity index (χ2v) is 6.05. The molecule has 0 aliphatic carbocycles. The summed E-state index contributed by atoms with van der Waals surface area (Å²) in [5.41, 5.74) is -0.0545. The molecule has 1 aliphatic rings. The van der Waals surface area contributed by atoms with Crippen LogP contribution in [0.2, 0.25) is 0 Å². The Balaban J connectivity index is 1.98. The fraction of sp³-hybridized carbons (Fsp3) is 0.625. The van der Waals surface area contributed by atoms with Gasteiger partial charge in [0.05, 0.1) is 11.6 Å². The van der Waals surface area contributed by atoms with Crippen LogP contribution in [0.3, 0.4) is 0 Å². The van der Waals surface area contributed by atoms with E-state index in [2.05, 4.69) is 13.8 Å². The fourth-order valence-corrected chi connectivity index (χ4v) is 3.10. The Labute approximate surface area is 124 Å². The van der Waals surface area contributed by atoms with Gasteiger partial charge in [-0.15, -0.1) is 0 Å². The minimum Gasteiger partial charge on any atom is -0.323 e. The van der Waals surface area contributed by atoms with E-state index in [1.807, 2.05) is 0 Å². The highest BCUT2D eigenvalue weighted by Gasteiger charge is 2.34. The Morgan fingerprint density at radius 3 is 2.29 bits per heavy atom. The van der Waals surface area contributed by atoms with Crippen molar-refractivity contribution in [3.8, 4) is 0 Å². The summed E-state index contributed by atoms with van der Waals surface area (Å²) in [6, 6.07) is 6.62. The van der Waals surface area contributed by atoms with Crippen molar-refractivity contribution in [2.75, 3.05) is 26.2 Å². The molecule has 21 heavy (non-hydrogen) atoms. The first-order valence-corrected chi connectivity index (χ1v) is 7.75. The summed E-state index contributed by atoms with van der Waals surface area (Å²) in [6.45, 7) is 8.92. The Morgan fingerprint density at radius 2 is 1.71 bits per heavy atom. The minimum absolute atomic E-state index is 0.423. The zero-order valence-electron chi connectivity index (χ0n) is 12.8. The standard InChI is InChI=1S/C16H23F3N2/c1-3-13(2)21-10-8-20(9-11-21)12-14-6-4-5-7-15(14)16(17,18)19/h4-7,13H,3,8-12H2,1-2H3/p+2/t13-/m1/s1. The summed E-state index contributed by atoms with van der Waals surface area (Å²) in [4.78, 5) is 2.85. The first-order chi connectivity index (χ1) is 9.91. The van der Waals surface area contributed by atoms with E-state index in [1.165, 1.54) is 17.0 Å². The van der Waals surface area contributed by atoms with Gasteiger partial charge in [-0.25, -0.2) is 0 Å². The van der Waals surface area contributed by atoms with Gasteiger partial charge in [0.2, 0.25) is 0 Å². The van der Waals surface area contributed by atoms with Crippen molar-refractivity contribution in [1.29, 1.82) is 0 Å². The second-order valence-electron chi connectivity index (χ2n) is 6.05. The first kappa shape index (κ1) is 16.3. The molecule has 0 bridgehead atoms. The van der Waals surface area contributed by atoms with Crippen LogP contribution in [0.25, 0.3) is 0 Å². The Kier molecular flexibility index (Phi) is 5.27. The van der Waals surface area contributed by atoms with Gasteiger partial charge in [0, 0.05) is 5.56 Å². The van der Waals surface area contributed by atoms with Crippen LogP contribution in [-0.4, -0.2) is 32.2 Å². The highest BCUT2D eigenvalue weighted by Crippen LogP contribution is 2.31. The fourth-order valence-electron chi connectivity index (χ4n) is 3.10. The molecule has 2 rings (SSSR count). The van der Waals surface area contributed by atoms with Gasteiger partial charge in [-0.3, -0.25) is 0 Å². The normalized spacial score (nSPS) is 24.8. The summed E-state index contributed by atoms with van der Waals surface area (Å²) >= 11 is 0. The first-order valence-electron chi connectivity index (χ1n) is 7.75. The number of alkyl halides is 3. The van der Waals surface area contributed by atoms with E-state index in [1.54, 1.807) is 17.0 Å². The van der Waals surface area contributed by atoms with Gasteiger partial charge in [-0.1, -0.05) is 25.1 Å². The Morgan fingerprint density at radius 1 is 1.10 bits per heavy atom. The molecule has 0 aromatic heterocycles. The Bertz CT molecular complexity index is 451. The molecule has 1 aromatic rings. The molecule has 2 N–H and O–H groups in total. The molecule has 1 saturated heterocycles. The summed E-state index contributed by atoms with van der Waals surface area (Å²) in [6.07, 6.45) is -3.10. The maximum absolute atomic E-state index is 13.0. The lowest BCUT2D eigenvalue weighted by molar-refractivity contribution is -1.03. The number of hydrogen-bond acceptors (Lipinski definition) is 0. The van der Waals surface area contributed by atoms with Crippen molar-refractivity contribution < 1.29 is 23.0 Å². The molecule has 0 radical (unpaired) electrons. The molecule has 0 saturated carbocycles. The summed E-state index contributed by atoms with van der Waals surface area (Å²) in [5, 5.41) is 0. The third-order valence-corrected chi connectivity index (χ3v) is 4.67. The number of hydrogen-bond donors (Lipinski definition) is 2. The van der Waals surface area contributed by atoms with Crippen LogP contribution in [-0.2, 0) is 12.7 Å². The molecule has 5 heteroatoms. The van der Waals surface area contributed by atoms with Crippen LogP contribution in [0.1, 0.15) is 31.4 Å². The number of rotatable bonds is 4. The van der Waals surface area contributed by atoms with Gasteiger partial charge in [0.15, 0.2) is 0 Å². The summed E-state index contributed by atoms with van der Waals surface area (Å²) in [5.74, 6) is 0. The van der Waals surface area contributed by atoms with Crippen molar-refractivity contribution >= 4 is 0 Å². The molecule has 1 aliphatic heterocycles. The quantitative estimate of drug-likeness (QED) is 0.814. The lowest BCUT2D eigenvalue weighted by Crippen LogP contribution is -3.29. The molecule has 1 atom stereocenters. The molecule has 118 valence electrons. The SMILES string of the molecule is CC[C@@H](C)[NH+]1CC[NH+](Cc2ccccc2C(F)(F)F)CC1. The molecule has 1 aromatic carbocycles. The van der Waals surface area contributed by atoms with E-state index in [4.69, 9.17) is 0 Å². The maximum atomic E-state index is 13.0. The zero-order valence-corrected chi connectivity index (χ0v) is 12.8. The molecule has 1 fully saturated rings. The summed E-state index contributed by atoms with van der Waals surface area (Å²) in [7, 11) is 0. The van der Waals surface area contributed by atoms with Crippen molar-refractivity contribution in [2.24, 2.45) is 0 Å².